The van der Waals surface area contributed by atoms with Gasteiger partial charge in [0.1, 0.15) is 0 Å². The molecule has 2 aromatic rings. The Hall–Kier alpha value is -2.74. The number of hydroxylamine groups is 2. The van der Waals surface area contributed by atoms with Crippen molar-refractivity contribution >= 4 is 18.0 Å². The number of benzene rings is 1. The van der Waals surface area contributed by atoms with Gasteiger partial charge in [0.15, 0.2) is 0 Å². The highest BCUT2D eigenvalue weighted by molar-refractivity contribution is 6.00. The molecule has 8 heteroatoms. The normalized spacial score (nSPS) is 11.8. The van der Waals surface area contributed by atoms with Gasteiger partial charge in [-0.3, -0.25) is 14.8 Å². The Morgan fingerprint density at radius 1 is 1.36 bits per heavy atom. The second kappa shape index (κ2) is 9.53. The summed E-state index contributed by atoms with van der Waals surface area (Å²) >= 11 is 0. The van der Waals surface area contributed by atoms with Crippen LogP contribution in [0.25, 0.3) is 0 Å². The third-order valence-electron chi connectivity index (χ3n) is 3.69. The van der Waals surface area contributed by atoms with Crippen LogP contribution < -0.4 is 5.32 Å². The van der Waals surface area contributed by atoms with E-state index in [2.05, 4.69) is 22.4 Å². The van der Waals surface area contributed by atoms with Gasteiger partial charge in [0.25, 0.3) is 0 Å². The number of para-hydroxylation sites is 1. The molecule has 0 radical (unpaired) electrons. The number of anilines is 1. The highest BCUT2D eigenvalue weighted by atomic mass is 16.5. The molecule has 0 saturated heterocycles. The van der Waals surface area contributed by atoms with Gasteiger partial charge in [-0.2, -0.15) is 0 Å². The summed E-state index contributed by atoms with van der Waals surface area (Å²) in [7, 11) is 0. The van der Waals surface area contributed by atoms with E-state index in [-0.39, 0.29) is 18.4 Å². The first-order valence-electron chi connectivity index (χ1n) is 8.22. The molecule has 25 heavy (non-hydrogen) atoms. The summed E-state index contributed by atoms with van der Waals surface area (Å²) in [6.07, 6.45) is 3.50. The Balaban J connectivity index is 1.97. The van der Waals surface area contributed by atoms with Gasteiger partial charge in [-0.1, -0.05) is 38.0 Å². The topological polar surface area (TPSA) is 109 Å². The van der Waals surface area contributed by atoms with Crippen molar-refractivity contribution in [1.82, 2.24) is 15.3 Å². The minimum Gasteiger partial charge on any atom is -0.417 e. The van der Waals surface area contributed by atoms with E-state index in [1.165, 1.54) is 0 Å². The zero-order valence-corrected chi connectivity index (χ0v) is 14.1. The second-order valence-corrected chi connectivity index (χ2v) is 5.76. The number of nitrogens with zero attached hydrogens (tertiary/aromatic N) is 3. The maximum Gasteiger partial charge on any atom is 0.313 e. The average molecular weight is 346 g/mol. The monoisotopic (exact) mass is 346 g/mol. The Bertz CT molecular complexity index is 674. The summed E-state index contributed by atoms with van der Waals surface area (Å²) in [5.41, 5.74) is 0.634. The van der Waals surface area contributed by atoms with E-state index in [1.807, 2.05) is 6.07 Å². The van der Waals surface area contributed by atoms with Crippen LogP contribution in [0.3, 0.4) is 0 Å². The van der Waals surface area contributed by atoms with Crippen LogP contribution in [0.15, 0.2) is 34.7 Å². The lowest BCUT2D eigenvalue weighted by atomic mass is 9.98. The second-order valence-electron chi connectivity index (χ2n) is 5.76. The zero-order chi connectivity index (χ0) is 18.1. The Morgan fingerprint density at radius 3 is 2.80 bits per heavy atom. The minimum absolute atomic E-state index is 0.0272. The van der Waals surface area contributed by atoms with E-state index in [0.29, 0.717) is 29.5 Å². The lowest BCUT2D eigenvalue weighted by molar-refractivity contribution is -0.152. The van der Waals surface area contributed by atoms with E-state index in [4.69, 9.17) is 4.42 Å². The van der Waals surface area contributed by atoms with E-state index in [0.717, 1.165) is 19.3 Å². The van der Waals surface area contributed by atoms with Crippen molar-refractivity contribution in [2.75, 3.05) is 11.9 Å². The van der Waals surface area contributed by atoms with E-state index in [1.54, 1.807) is 24.3 Å². The molecule has 2 N–H and O–H groups in total. The molecule has 0 bridgehead atoms. The number of rotatable bonds is 10. The molecule has 0 saturated carbocycles. The molecule has 1 atom stereocenters. The molecule has 1 aromatic carbocycles. The molecular weight excluding hydrogens is 324 g/mol. The predicted octanol–water partition coefficient (Wildman–Crippen LogP) is 2.52. The van der Waals surface area contributed by atoms with E-state index >= 15 is 0 Å². The summed E-state index contributed by atoms with van der Waals surface area (Å²) in [5.74, 6) is -0.324. The fourth-order valence-corrected chi connectivity index (χ4v) is 2.44. The summed E-state index contributed by atoms with van der Waals surface area (Å²) in [5, 5.41) is 20.3. The zero-order valence-electron chi connectivity index (χ0n) is 14.1. The van der Waals surface area contributed by atoms with E-state index < -0.39 is 5.91 Å². The fraction of sp³-hybridized carbons (Fsp3) is 0.412. The number of hydrogen-bond acceptors (Lipinski definition) is 6. The summed E-state index contributed by atoms with van der Waals surface area (Å²) < 4.78 is 5.42. The molecule has 0 unspecified atom stereocenters. The van der Waals surface area contributed by atoms with Gasteiger partial charge in [-0.25, -0.2) is 5.06 Å². The molecule has 1 aromatic heterocycles. The van der Waals surface area contributed by atoms with Gasteiger partial charge in [0, 0.05) is 12.1 Å². The third kappa shape index (κ3) is 6.00. The van der Waals surface area contributed by atoms with Crippen molar-refractivity contribution < 1.29 is 19.2 Å². The number of carbonyl (C=O) groups excluding carboxylic acids is 2. The highest BCUT2D eigenvalue weighted by Gasteiger charge is 2.19. The van der Waals surface area contributed by atoms with Gasteiger partial charge in [-0.15, -0.1) is 10.2 Å². The van der Waals surface area contributed by atoms with Crippen molar-refractivity contribution in [3.8, 4) is 0 Å². The Morgan fingerprint density at radius 2 is 2.12 bits per heavy atom. The number of hydrogen-bond donors (Lipinski definition) is 2. The molecule has 0 aliphatic carbocycles. The molecule has 0 aliphatic rings. The maximum atomic E-state index is 12.1. The molecule has 1 heterocycles. The molecule has 0 fully saturated rings. The summed E-state index contributed by atoms with van der Waals surface area (Å²) in [6, 6.07) is 8.97. The van der Waals surface area contributed by atoms with Crippen LogP contribution in [0.1, 0.15) is 42.8 Å². The van der Waals surface area contributed by atoms with Gasteiger partial charge in [0.2, 0.25) is 12.3 Å². The van der Waals surface area contributed by atoms with Crippen LogP contribution in [0.5, 0.6) is 0 Å². The van der Waals surface area contributed by atoms with Gasteiger partial charge in [0.05, 0.1) is 6.54 Å². The van der Waals surface area contributed by atoms with Crippen molar-refractivity contribution in [2.45, 2.75) is 32.6 Å². The lowest BCUT2D eigenvalue weighted by Crippen LogP contribution is -2.26. The predicted molar refractivity (Wildman–Crippen MR) is 90.0 cm³/mol. The van der Waals surface area contributed by atoms with Crippen LogP contribution in [-0.4, -0.2) is 39.3 Å². The SMILES string of the molecule is CCCC[C@H](Cc1nnc(C(=O)Nc2ccccc2)o1)CN(O)C=O. The average Bonchev–Trinajstić information content (AvgIpc) is 3.09. The number of aromatic nitrogens is 2. The first-order chi connectivity index (χ1) is 12.1. The van der Waals surface area contributed by atoms with Gasteiger partial charge < -0.3 is 9.73 Å². The van der Waals surface area contributed by atoms with Gasteiger partial charge in [-0.05, 0) is 24.5 Å². The molecule has 2 rings (SSSR count). The third-order valence-corrected chi connectivity index (χ3v) is 3.69. The van der Waals surface area contributed by atoms with Crippen molar-refractivity contribution in [3.63, 3.8) is 0 Å². The maximum absolute atomic E-state index is 12.1. The number of amides is 2. The van der Waals surface area contributed by atoms with Gasteiger partial charge >= 0.3 is 11.8 Å². The molecular formula is C17H22N4O4. The van der Waals surface area contributed by atoms with Crippen LogP contribution >= 0.6 is 0 Å². The smallest absolute Gasteiger partial charge is 0.313 e. The van der Waals surface area contributed by atoms with E-state index in [9.17, 15) is 14.8 Å². The highest BCUT2D eigenvalue weighted by Crippen LogP contribution is 2.16. The first-order valence-corrected chi connectivity index (χ1v) is 8.22. The van der Waals surface area contributed by atoms with Crippen LogP contribution in [0.4, 0.5) is 5.69 Å². The van der Waals surface area contributed by atoms with Crippen molar-refractivity contribution in [2.24, 2.45) is 5.92 Å². The first kappa shape index (κ1) is 18.6. The quantitative estimate of drug-likeness (QED) is 0.389. The Kier molecular flexibility index (Phi) is 7.09. The summed E-state index contributed by atoms with van der Waals surface area (Å²) in [6.45, 7) is 2.24. The van der Waals surface area contributed by atoms with Crippen molar-refractivity contribution in [3.05, 3.63) is 42.1 Å². The van der Waals surface area contributed by atoms with Crippen LogP contribution in [0, 0.1) is 5.92 Å². The standard InChI is InChI=1S/C17H22N4O4/c1-2-3-7-13(11-21(24)12-22)10-15-19-20-17(25-15)16(23)18-14-8-5-4-6-9-14/h4-6,8-9,12-13,24H,2-3,7,10-11H2,1H3,(H,18,23)/t13-/m1/s1. The lowest BCUT2D eigenvalue weighted by Gasteiger charge is -2.18. The Labute approximate surface area is 145 Å². The molecule has 0 spiro atoms. The minimum atomic E-state index is -0.480. The van der Waals surface area contributed by atoms with Crippen molar-refractivity contribution in [1.29, 1.82) is 0 Å². The van der Waals surface area contributed by atoms with Crippen LogP contribution in [0.2, 0.25) is 0 Å². The number of unbranched alkanes of at least 4 members (excludes halogenated alkanes) is 1. The summed E-state index contributed by atoms with van der Waals surface area (Å²) in [4.78, 5) is 22.7. The number of carbonyl (C=O) groups is 2. The molecule has 8 nitrogen and oxygen atoms in total. The number of nitrogens with one attached hydrogen (secondary N) is 1. The molecule has 0 aliphatic heterocycles. The molecule has 2 amide bonds. The fourth-order valence-electron chi connectivity index (χ4n) is 2.44. The van der Waals surface area contributed by atoms with Crippen LogP contribution in [-0.2, 0) is 11.2 Å². The molecule has 134 valence electrons. The largest absolute Gasteiger partial charge is 0.417 e.